The molecule has 0 atom stereocenters. The molecule has 0 saturated carbocycles. The number of ketones is 1. The smallest absolute Gasteiger partial charge is 0.338 e. The van der Waals surface area contributed by atoms with Gasteiger partial charge in [-0.15, -0.1) is 0 Å². The summed E-state index contributed by atoms with van der Waals surface area (Å²) in [7, 11) is 0.196. The van der Waals surface area contributed by atoms with E-state index >= 15 is 0 Å². The SMILES string of the molecule is COc1ccc(C(=O)COC(=O)c2ccc(Cl)c(S(=O)(=O)N(C)c3ccccc3)c2)c(OC)c1. The maximum Gasteiger partial charge on any atom is 0.338 e. The number of hydrogen-bond donors (Lipinski definition) is 0. The van der Waals surface area contributed by atoms with Gasteiger partial charge in [-0.2, -0.15) is 0 Å². The molecule has 0 aliphatic carbocycles. The van der Waals surface area contributed by atoms with E-state index in [1.807, 2.05) is 0 Å². The Morgan fingerprint density at radius 1 is 0.941 bits per heavy atom. The minimum absolute atomic E-state index is 0.0571. The Morgan fingerprint density at radius 3 is 2.29 bits per heavy atom. The molecule has 0 aliphatic heterocycles. The number of esters is 1. The number of anilines is 1. The van der Waals surface area contributed by atoms with E-state index in [0.29, 0.717) is 11.4 Å². The summed E-state index contributed by atoms with van der Waals surface area (Å²) in [6.45, 7) is -0.573. The van der Waals surface area contributed by atoms with E-state index in [2.05, 4.69) is 0 Å². The Hall–Kier alpha value is -3.56. The van der Waals surface area contributed by atoms with Crippen LogP contribution < -0.4 is 13.8 Å². The molecule has 0 unspecified atom stereocenters. The highest BCUT2D eigenvalue weighted by Gasteiger charge is 2.26. The van der Waals surface area contributed by atoms with Gasteiger partial charge >= 0.3 is 5.97 Å². The first-order valence-corrected chi connectivity index (χ1v) is 11.8. The average Bonchev–Trinajstić information content (AvgIpc) is 2.86. The lowest BCUT2D eigenvalue weighted by Crippen LogP contribution is -2.27. The van der Waals surface area contributed by atoms with Crippen molar-refractivity contribution in [1.82, 2.24) is 0 Å². The molecule has 0 amide bonds. The summed E-state index contributed by atoms with van der Waals surface area (Å²) in [5, 5.41) is -0.0571. The van der Waals surface area contributed by atoms with Crippen molar-refractivity contribution in [3.8, 4) is 11.5 Å². The van der Waals surface area contributed by atoms with Crippen LogP contribution in [0, 0.1) is 0 Å². The third kappa shape index (κ3) is 5.32. The zero-order valence-corrected chi connectivity index (χ0v) is 20.2. The van der Waals surface area contributed by atoms with Crippen LogP contribution in [0.3, 0.4) is 0 Å². The van der Waals surface area contributed by atoms with Crippen LogP contribution in [0.1, 0.15) is 20.7 Å². The standard InChI is InChI=1S/C24H22ClNO7S/c1-26(17-7-5-4-6-8-17)34(29,30)23-13-16(9-12-20(23)25)24(28)33-15-21(27)19-11-10-18(31-2)14-22(19)32-3/h4-14H,15H2,1-3H3. The first-order chi connectivity index (χ1) is 16.2. The summed E-state index contributed by atoms with van der Waals surface area (Å²) < 4.78 is 42.7. The highest BCUT2D eigenvalue weighted by molar-refractivity contribution is 7.93. The summed E-state index contributed by atoms with van der Waals surface area (Å²) >= 11 is 6.15. The Balaban J connectivity index is 1.79. The quantitative estimate of drug-likeness (QED) is 0.318. The van der Waals surface area contributed by atoms with Crippen molar-refractivity contribution in [2.75, 3.05) is 32.2 Å². The van der Waals surface area contributed by atoms with Crippen LogP contribution in [0.5, 0.6) is 11.5 Å². The van der Waals surface area contributed by atoms with Crippen LogP contribution in [0.4, 0.5) is 5.69 Å². The first kappa shape index (κ1) is 25.1. The third-order valence-electron chi connectivity index (χ3n) is 4.97. The zero-order chi connectivity index (χ0) is 24.9. The number of halogens is 1. The molecule has 8 nitrogen and oxygen atoms in total. The Bertz CT molecular complexity index is 1310. The fourth-order valence-corrected chi connectivity index (χ4v) is 4.77. The van der Waals surface area contributed by atoms with Gasteiger partial charge < -0.3 is 14.2 Å². The van der Waals surface area contributed by atoms with Crippen LogP contribution in [-0.4, -0.2) is 48.0 Å². The summed E-state index contributed by atoms with van der Waals surface area (Å²) in [4.78, 5) is 24.9. The zero-order valence-electron chi connectivity index (χ0n) is 18.6. The topological polar surface area (TPSA) is 99.2 Å². The normalized spacial score (nSPS) is 10.9. The van der Waals surface area contributed by atoms with Crippen molar-refractivity contribution in [2.24, 2.45) is 0 Å². The number of sulfonamides is 1. The summed E-state index contributed by atoms with van der Waals surface area (Å²) in [6.07, 6.45) is 0. The maximum atomic E-state index is 13.1. The molecule has 178 valence electrons. The molecule has 0 aliphatic rings. The number of ether oxygens (including phenoxy) is 3. The van der Waals surface area contributed by atoms with Gasteiger partial charge in [0.05, 0.1) is 36.1 Å². The van der Waals surface area contributed by atoms with Gasteiger partial charge in [0.15, 0.2) is 6.61 Å². The van der Waals surface area contributed by atoms with E-state index in [0.717, 1.165) is 10.4 Å². The molecule has 0 heterocycles. The van der Waals surface area contributed by atoms with Crippen LogP contribution >= 0.6 is 11.6 Å². The van der Waals surface area contributed by atoms with Gasteiger partial charge in [0.1, 0.15) is 16.4 Å². The predicted octanol–water partition coefficient (Wildman–Crippen LogP) is 4.22. The molecular formula is C24H22ClNO7S. The Morgan fingerprint density at radius 2 is 1.65 bits per heavy atom. The van der Waals surface area contributed by atoms with Crippen LogP contribution in [0.15, 0.2) is 71.6 Å². The molecule has 0 fully saturated rings. The molecule has 0 bridgehead atoms. The second-order valence-corrected chi connectivity index (χ2v) is 9.36. The number of carbonyl (C=O) groups excluding carboxylic acids is 2. The van der Waals surface area contributed by atoms with Gasteiger partial charge in [-0.3, -0.25) is 9.10 Å². The van der Waals surface area contributed by atoms with Crippen molar-refractivity contribution in [1.29, 1.82) is 0 Å². The van der Waals surface area contributed by atoms with E-state index in [9.17, 15) is 18.0 Å². The number of rotatable bonds is 9. The van der Waals surface area contributed by atoms with Crippen molar-refractivity contribution in [2.45, 2.75) is 4.90 Å². The van der Waals surface area contributed by atoms with Gasteiger partial charge in [-0.25, -0.2) is 13.2 Å². The molecule has 3 aromatic rings. The van der Waals surface area contributed by atoms with Crippen molar-refractivity contribution in [3.63, 3.8) is 0 Å². The van der Waals surface area contributed by atoms with Gasteiger partial charge in [0, 0.05) is 13.1 Å². The lowest BCUT2D eigenvalue weighted by atomic mass is 10.1. The number of hydrogen-bond acceptors (Lipinski definition) is 7. The molecule has 34 heavy (non-hydrogen) atoms. The summed E-state index contributed by atoms with van der Waals surface area (Å²) in [5.74, 6) is -0.611. The number of benzene rings is 3. The van der Waals surface area contributed by atoms with Crippen LogP contribution in [0.25, 0.3) is 0 Å². The summed E-state index contributed by atoms with van der Waals surface area (Å²) in [5.41, 5.74) is 0.560. The van der Waals surface area contributed by atoms with Crippen molar-refractivity contribution in [3.05, 3.63) is 82.9 Å². The second kappa shape index (κ2) is 10.6. The van der Waals surface area contributed by atoms with Crippen molar-refractivity contribution < 1.29 is 32.2 Å². The molecular weight excluding hydrogens is 482 g/mol. The molecule has 0 spiro atoms. The summed E-state index contributed by atoms with van der Waals surface area (Å²) in [6, 6.07) is 16.8. The number of para-hydroxylation sites is 1. The number of Topliss-reactive ketones (excluding diaryl/α,β-unsaturated/α-hetero) is 1. The second-order valence-electron chi connectivity index (χ2n) is 7.02. The molecule has 10 heteroatoms. The number of nitrogens with zero attached hydrogens (tertiary/aromatic N) is 1. The van der Waals surface area contributed by atoms with E-state index in [4.69, 9.17) is 25.8 Å². The average molecular weight is 504 g/mol. The molecule has 3 rings (SSSR count). The third-order valence-corrected chi connectivity index (χ3v) is 7.24. The predicted molar refractivity (Wildman–Crippen MR) is 128 cm³/mol. The molecule has 0 N–H and O–H groups in total. The monoisotopic (exact) mass is 503 g/mol. The Labute approximate surface area is 202 Å². The lowest BCUT2D eigenvalue weighted by Gasteiger charge is -2.20. The van der Waals surface area contributed by atoms with E-state index < -0.39 is 28.4 Å². The van der Waals surface area contributed by atoms with Gasteiger partial charge in [0.25, 0.3) is 10.0 Å². The lowest BCUT2D eigenvalue weighted by molar-refractivity contribution is 0.0473. The molecule has 0 radical (unpaired) electrons. The molecule has 0 aromatic heterocycles. The minimum Gasteiger partial charge on any atom is -0.497 e. The fourth-order valence-electron chi connectivity index (χ4n) is 3.07. The maximum absolute atomic E-state index is 13.1. The molecule has 0 saturated heterocycles. The Kier molecular flexibility index (Phi) is 7.80. The van der Waals surface area contributed by atoms with Gasteiger partial charge in [-0.1, -0.05) is 29.8 Å². The number of carbonyl (C=O) groups is 2. The number of methoxy groups -OCH3 is 2. The fraction of sp³-hybridized carbons (Fsp3) is 0.167. The van der Waals surface area contributed by atoms with Crippen LogP contribution in [-0.2, 0) is 14.8 Å². The first-order valence-electron chi connectivity index (χ1n) is 9.95. The van der Waals surface area contributed by atoms with E-state index in [1.54, 1.807) is 36.4 Å². The molecule has 3 aromatic carbocycles. The largest absolute Gasteiger partial charge is 0.497 e. The van der Waals surface area contributed by atoms with Crippen molar-refractivity contribution >= 4 is 39.1 Å². The highest BCUT2D eigenvalue weighted by Crippen LogP contribution is 2.29. The van der Waals surface area contributed by atoms with E-state index in [1.165, 1.54) is 45.5 Å². The van der Waals surface area contributed by atoms with Crippen LogP contribution in [0.2, 0.25) is 5.02 Å². The minimum atomic E-state index is -4.07. The van der Waals surface area contributed by atoms with Gasteiger partial charge in [-0.05, 0) is 42.5 Å². The van der Waals surface area contributed by atoms with Gasteiger partial charge in [0.2, 0.25) is 5.78 Å². The highest BCUT2D eigenvalue weighted by atomic mass is 35.5. The van der Waals surface area contributed by atoms with E-state index in [-0.39, 0.29) is 26.8 Å².